The topological polar surface area (TPSA) is 94.3 Å². The van der Waals surface area contributed by atoms with Crippen LogP contribution in [0.25, 0.3) is 11.5 Å². The molecule has 1 saturated carbocycles. The SMILES string of the molecule is O=C(COC(=O)CCC1CCCCC1)Nc1nnc(-c2ccccc2)o1. The predicted octanol–water partition coefficient (Wildman–Crippen LogP) is 3.58. The van der Waals surface area contributed by atoms with Crippen molar-refractivity contribution in [3.05, 3.63) is 30.3 Å². The molecule has 7 heteroatoms. The molecule has 0 unspecified atom stereocenters. The molecule has 0 saturated heterocycles. The highest BCUT2D eigenvalue weighted by Crippen LogP contribution is 2.27. The second-order valence-electron chi connectivity index (χ2n) is 6.53. The Morgan fingerprint density at radius 2 is 1.88 bits per heavy atom. The fourth-order valence-electron chi connectivity index (χ4n) is 3.14. The lowest BCUT2D eigenvalue weighted by atomic mass is 9.86. The van der Waals surface area contributed by atoms with E-state index in [0.29, 0.717) is 18.2 Å². The van der Waals surface area contributed by atoms with Crippen LogP contribution in [-0.2, 0) is 14.3 Å². The van der Waals surface area contributed by atoms with Gasteiger partial charge in [-0.25, -0.2) is 0 Å². The van der Waals surface area contributed by atoms with Crippen molar-refractivity contribution in [2.24, 2.45) is 5.92 Å². The van der Waals surface area contributed by atoms with Crippen LogP contribution in [0.4, 0.5) is 6.01 Å². The van der Waals surface area contributed by atoms with Crippen molar-refractivity contribution in [1.82, 2.24) is 10.2 Å². The maximum atomic E-state index is 11.9. The molecule has 0 spiro atoms. The minimum atomic E-state index is -0.501. The molecule has 1 aliphatic rings. The van der Waals surface area contributed by atoms with Gasteiger partial charge in [-0.05, 0) is 24.5 Å². The van der Waals surface area contributed by atoms with E-state index in [1.54, 1.807) is 0 Å². The van der Waals surface area contributed by atoms with E-state index < -0.39 is 5.91 Å². The zero-order chi connectivity index (χ0) is 18.2. The Morgan fingerprint density at radius 3 is 2.65 bits per heavy atom. The first-order valence-corrected chi connectivity index (χ1v) is 9.05. The van der Waals surface area contributed by atoms with Gasteiger partial charge >= 0.3 is 12.0 Å². The van der Waals surface area contributed by atoms with Crippen LogP contribution < -0.4 is 5.32 Å². The molecule has 0 radical (unpaired) electrons. The van der Waals surface area contributed by atoms with Gasteiger partial charge < -0.3 is 9.15 Å². The molecule has 1 amide bonds. The third-order valence-corrected chi connectivity index (χ3v) is 4.54. The third-order valence-electron chi connectivity index (χ3n) is 4.54. The van der Waals surface area contributed by atoms with Gasteiger partial charge in [-0.1, -0.05) is 55.4 Å². The molecule has 0 atom stereocenters. The first-order valence-electron chi connectivity index (χ1n) is 9.05. The molecule has 1 heterocycles. The first-order chi connectivity index (χ1) is 12.7. The molecule has 1 aromatic heterocycles. The number of rotatable bonds is 7. The van der Waals surface area contributed by atoms with Crippen LogP contribution in [-0.4, -0.2) is 28.7 Å². The number of benzene rings is 1. The number of nitrogens with zero attached hydrogens (tertiary/aromatic N) is 2. The van der Waals surface area contributed by atoms with Gasteiger partial charge in [-0.3, -0.25) is 14.9 Å². The minimum absolute atomic E-state index is 0.0212. The van der Waals surface area contributed by atoms with Crippen molar-refractivity contribution < 1.29 is 18.7 Å². The summed E-state index contributed by atoms with van der Waals surface area (Å²) in [5.74, 6) is 0.0748. The van der Waals surface area contributed by atoms with E-state index in [4.69, 9.17) is 9.15 Å². The van der Waals surface area contributed by atoms with Crippen LogP contribution in [0.5, 0.6) is 0 Å². The molecule has 0 bridgehead atoms. The monoisotopic (exact) mass is 357 g/mol. The number of amides is 1. The summed E-state index contributed by atoms with van der Waals surface area (Å²) in [6.07, 6.45) is 7.36. The summed E-state index contributed by atoms with van der Waals surface area (Å²) in [7, 11) is 0. The lowest BCUT2D eigenvalue weighted by Crippen LogP contribution is -2.21. The van der Waals surface area contributed by atoms with Gasteiger partial charge in [0, 0.05) is 12.0 Å². The maximum Gasteiger partial charge on any atom is 0.322 e. The van der Waals surface area contributed by atoms with Gasteiger partial charge in [0.25, 0.3) is 5.91 Å². The standard InChI is InChI=1S/C19H23N3O4/c23-16(13-25-17(24)12-11-14-7-3-1-4-8-14)20-19-22-21-18(26-19)15-9-5-2-6-10-15/h2,5-6,9-10,14H,1,3-4,7-8,11-13H2,(H,20,22,23). The zero-order valence-corrected chi connectivity index (χ0v) is 14.6. The van der Waals surface area contributed by atoms with Gasteiger partial charge in [-0.2, -0.15) is 0 Å². The minimum Gasteiger partial charge on any atom is -0.456 e. The van der Waals surface area contributed by atoms with E-state index in [1.165, 1.54) is 32.1 Å². The van der Waals surface area contributed by atoms with Crippen LogP contribution >= 0.6 is 0 Å². The van der Waals surface area contributed by atoms with Crippen molar-refractivity contribution in [2.75, 3.05) is 11.9 Å². The highest BCUT2D eigenvalue weighted by molar-refractivity contribution is 5.90. The van der Waals surface area contributed by atoms with Crippen LogP contribution in [0, 0.1) is 5.92 Å². The highest BCUT2D eigenvalue weighted by Gasteiger charge is 2.17. The number of carbonyl (C=O) groups is 2. The summed E-state index contributed by atoms with van der Waals surface area (Å²) in [5, 5.41) is 10.1. The van der Waals surface area contributed by atoms with Crippen molar-refractivity contribution >= 4 is 17.9 Å². The molecule has 1 fully saturated rings. The van der Waals surface area contributed by atoms with Gasteiger partial charge in [-0.15, -0.1) is 5.10 Å². The largest absolute Gasteiger partial charge is 0.456 e. The van der Waals surface area contributed by atoms with E-state index in [0.717, 1.165) is 12.0 Å². The van der Waals surface area contributed by atoms with E-state index >= 15 is 0 Å². The number of esters is 1. The molecule has 3 rings (SSSR count). The van der Waals surface area contributed by atoms with Crippen molar-refractivity contribution in [3.8, 4) is 11.5 Å². The Bertz CT molecular complexity index is 723. The number of hydrogen-bond acceptors (Lipinski definition) is 6. The van der Waals surface area contributed by atoms with Crippen molar-refractivity contribution in [3.63, 3.8) is 0 Å². The Balaban J connectivity index is 1.38. The maximum absolute atomic E-state index is 11.9. The second kappa shape index (κ2) is 9.12. The number of aromatic nitrogens is 2. The van der Waals surface area contributed by atoms with E-state index in [2.05, 4.69) is 15.5 Å². The molecule has 1 aromatic carbocycles. The molecule has 138 valence electrons. The van der Waals surface area contributed by atoms with Gasteiger partial charge in [0.1, 0.15) is 0 Å². The van der Waals surface area contributed by atoms with Crippen molar-refractivity contribution in [2.45, 2.75) is 44.9 Å². The normalized spacial score (nSPS) is 14.8. The number of anilines is 1. The summed E-state index contributed by atoms with van der Waals surface area (Å²) in [4.78, 5) is 23.6. The lowest BCUT2D eigenvalue weighted by molar-refractivity contribution is -0.147. The first kappa shape index (κ1) is 18.1. The van der Waals surface area contributed by atoms with Crippen molar-refractivity contribution in [1.29, 1.82) is 0 Å². The predicted molar refractivity (Wildman–Crippen MR) is 95.1 cm³/mol. The van der Waals surface area contributed by atoms with E-state index in [9.17, 15) is 9.59 Å². The second-order valence-corrected chi connectivity index (χ2v) is 6.53. The molecular formula is C19H23N3O4. The van der Waals surface area contributed by atoms with Crippen LogP contribution in [0.2, 0.25) is 0 Å². The van der Waals surface area contributed by atoms with Crippen LogP contribution in [0.1, 0.15) is 44.9 Å². The highest BCUT2D eigenvalue weighted by atomic mass is 16.5. The molecule has 7 nitrogen and oxygen atoms in total. The Hall–Kier alpha value is -2.70. The fraction of sp³-hybridized carbons (Fsp3) is 0.474. The average Bonchev–Trinajstić information content (AvgIpc) is 3.15. The smallest absolute Gasteiger partial charge is 0.322 e. The quantitative estimate of drug-likeness (QED) is 0.761. The van der Waals surface area contributed by atoms with Gasteiger partial charge in [0.15, 0.2) is 6.61 Å². The summed E-state index contributed by atoms with van der Waals surface area (Å²) in [6, 6.07) is 9.22. The Labute approximate surface area is 152 Å². The van der Waals surface area contributed by atoms with Gasteiger partial charge in [0.2, 0.25) is 5.89 Å². The fourth-order valence-corrected chi connectivity index (χ4v) is 3.14. The van der Waals surface area contributed by atoms with Crippen LogP contribution in [0.3, 0.4) is 0 Å². The molecular weight excluding hydrogens is 334 g/mol. The summed E-state index contributed by atoms with van der Waals surface area (Å²) < 4.78 is 10.4. The third kappa shape index (κ3) is 5.40. The molecule has 0 aliphatic heterocycles. The molecule has 1 aliphatic carbocycles. The number of ether oxygens (including phenoxy) is 1. The van der Waals surface area contributed by atoms with E-state index in [1.807, 2.05) is 30.3 Å². The molecule has 2 aromatic rings. The number of hydrogen-bond donors (Lipinski definition) is 1. The van der Waals surface area contributed by atoms with Gasteiger partial charge in [0.05, 0.1) is 0 Å². The average molecular weight is 357 g/mol. The Morgan fingerprint density at radius 1 is 1.12 bits per heavy atom. The summed E-state index contributed by atoms with van der Waals surface area (Å²) in [5.41, 5.74) is 0.759. The number of carbonyl (C=O) groups excluding carboxylic acids is 2. The summed E-state index contributed by atoms with van der Waals surface area (Å²) >= 11 is 0. The zero-order valence-electron chi connectivity index (χ0n) is 14.6. The molecule has 1 N–H and O–H groups in total. The molecule has 26 heavy (non-hydrogen) atoms. The Kier molecular flexibility index (Phi) is 6.35. The van der Waals surface area contributed by atoms with Crippen LogP contribution in [0.15, 0.2) is 34.7 Å². The lowest BCUT2D eigenvalue weighted by Gasteiger charge is -2.20. The number of nitrogens with one attached hydrogen (secondary N) is 1. The summed E-state index contributed by atoms with van der Waals surface area (Å²) in [6.45, 7) is -0.355. The van der Waals surface area contributed by atoms with E-state index in [-0.39, 0.29) is 18.6 Å².